The highest BCUT2D eigenvalue weighted by molar-refractivity contribution is 5.74. The first-order chi connectivity index (χ1) is 6.95. The van der Waals surface area contributed by atoms with Crippen LogP contribution in [0.25, 0.3) is 6.08 Å². The quantitative estimate of drug-likeness (QED) is 0.609. The van der Waals surface area contributed by atoms with Gasteiger partial charge in [0.15, 0.2) is 0 Å². The Kier molecular flexibility index (Phi) is 3.14. The number of hydrogen-bond donors (Lipinski definition) is 1. The molecule has 0 unspecified atom stereocenters. The van der Waals surface area contributed by atoms with E-state index in [9.17, 15) is 18.0 Å². The third kappa shape index (κ3) is 2.83. The lowest BCUT2D eigenvalue weighted by Crippen LogP contribution is -2.05. The van der Waals surface area contributed by atoms with Gasteiger partial charge in [-0.1, -0.05) is 12.1 Å². The Morgan fingerprint density at radius 2 is 1.93 bits per heavy atom. The largest absolute Gasteiger partial charge is 0.507 e. The van der Waals surface area contributed by atoms with Gasteiger partial charge in [-0.25, -0.2) is 0 Å². The number of carbonyl (C=O) groups excluding carboxylic acids is 1. The van der Waals surface area contributed by atoms with Gasteiger partial charge in [-0.2, -0.15) is 13.2 Å². The Bertz CT molecular complexity index is 394. The van der Waals surface area contributed by atoms with E-state index in [0.717, 1.165) is 18.2 Å². The van der Waals surface area contributed by atoms with E-state index < -0.39 is 17.5 Å². The van der Waals surface area contributed by atoms with E-state index in [2.05, 4.69) is 0 Å². The van der Waals surface area contributed by atoms with Crippen molar-refractivity contribution in [2.45, 2.75) is 6.18 Å². The Morgan fingerprint density at radius 3 is 2.47 bits per heavy atom. The van der Waals surface area contributed by atoms with Crippen molar-refractivity contribution in [2.75, 3.05) is 0 Å². The molecule has 5 heteroatoms. The number of carbonyl (C=O) groups is 1. The standard InChI is InChI=1S/C10H7F3O2/c11-10(12,13)8-6-7(2-1-5-14)3-4-9(8)15/h1-6,15H. The maximum atomic E-state index is 12.3. The maximum absolute atomic E-state index is 12.3. The highest BCUT2D eigenvalue weighted by Gasteiger charge is 2.33. The fourth-order valence-electron chi connectivity index (χ4n) is 1.03. The predicted octanol–water partition coefficient (Wildman–Crippen LogP) is 2.62. The lowest BCUT2D eigenvalue weighted by atomic mass is 10.1. The van der Waals surface area contributed by atoms with Gasteiger partial charge in [-0.3, -0.25) is 4.79 Å². The molecule has 80 valence electrons. The molecule has 1 aromatic rings. The number of rotatable bonds is 2. The summed E-state index contributed by atoms with van der Waals surface area (Å²) in [4.78, 5) is 9.97. The number of benzene rings is 1. The fraction of sp³-hybridized carbons (Fsp3) is 0.100. The molecule has 0 fully saturated rings. The summed E-state index contributed by atoms with van der Waals surface area (Å²) < 4.78 is 36.9. The Labute approximate surface area is 83.7 Å². The van der Waals surface area contributed by atoms with Gasteiger partial charge < -0.3 is 5.11 Å². The average molecular weight is 216 g/mol. The van der Waals surface area contributed by atoms with Gasteiger partial charge >= 0.3 is 6.18 Å². The van der Waals surface area contributed by atoms with Crippen LogP contribution in [-0.4, -0.2) is 11.4 Å². The minimum Gasteiger partial charge on any atom is -0.507 e. The molecule has 0 radical (unpaired) electrons. The second kappa shape index (κ2) is 4.16. The molecule has 15 heavy (non-hydrogen) atoms. The monoisotopic (exact) mass is 216 g/mol. The van der Waals surface area contributed by atoms with Crippen LogP contribution in [0.1, 0.15) is 11.1 Å². The first kappa shape index (κ1) is 11.3. The van der Waals surface area contributed by atoms with Crippen LogP contribution < -0.4 is 0 Å². The van der Waals surface area contributed by atoms with Gasteiger partial charge in [-0.05, 0) is 23.8 Å². The molecular weight excluding hydrogens is 209 g/mol. The summed E-state index contributed by atoms with van der Waals surface area (Å²) in [5.41, 5.74) is -0.914. The first-order valence-corrected chi connectivity index (χ1v) is 3.97. The van der Waals surface area contributed by atoms with E-state index in [1.165, 1.54) is 12.1 Å². The molecule has 2 nitrogen and oxygen atoms in total. The molecule has 0 heterocycles. The number of allylic oxidation sites excluding steroid dienone is 1. The van der Waals surface area contributed by atoms with Gasteiger partial charge in [0.05, 0.1) is 5.56 Å². The summed E-state index contributed by atoms with van der Waals surface area (Å²) in [6, 6.07) is 2.99. The van der Waals surface area contributed by atoms with Crippen molar-refractivity contribution in [3.63, 3.8) is 0 Å². The van der Waals surface area contributed by atoms with Crippen molar-refractivity contribution in [3.8, 4) is 5.75 Å². The minimum absolute atomic E-state index is 0.201. The summed E-state index contributed by atoms with van der Waals surface area (Å²) in [7, 11) is 0. The van der Waals surface area contributed by atoms with Crippen LogP contribution >= 0.6 is 0 Å². The molecule has 0 spiro atoms. The molecule has 0 saturated carbocycles. The van der Waals surface area contributed by atoms with E-state index in [1.54, 1.807) is 0 Å². The van der Waals surface area contributed by atoms with Gasteiger partial charge in [0.25, 0.3) is 0 Å². The number of alkyl halides is 3. The zero-order chi connectivity index (χ0) is 11.5. The van der Waals surface area contributed by atoms with Gasteiger partial charge in [-0.15, -0.1) is 0 Å². The van der Waals surface area contributed by atoms with Crippen molar-refractivity contribution in [1.82, 2.24) is 0 Å². The van der Waals surface area contributed by atoms with Gasteiger partial charge in [0.1, 0.15) is 12.0 Å². The van der Waals surface area contributed by atoms with Crippen LogP contribution in [0.3, 0.4) is 0 Å². The molecule has 0 aromatic heterocycles. The van der Waals surface area contributed by atoms with Crippen molar-refractivity contribution in [2.24, 2.45) is 0 Å². The van der Waals surface area contributed by atoms with Crippen LogP contribution in [0.15, 0.2) is 24.3 Å². The number of aldehydes is 1. The minimum atomic E-state index is -4.60. The van der Waals surface area contributed by atoms with E-state index in [4.69, 9.17) is 5.11 Å². The number of halogens is 3. The van der Waals surface area contributed by atoms with Crippen molar-refractivity contribution < 1.29 is 23.1 Å². The summed E-state index contributed by atoms with van der Waals surface area (Å²) in [6.07, 6.45) is -1.84. The number of phenols is 1. The molecule has 0 bridgehead atoms. The van der Waals surface area contributed by atoms with Crippen LogP contribution in [0.4, 0.5) is 13.2 Å². The van der Waals surface area contributed by atoms with Crippen molar-refractivity contribution in [3.05, 3.63) is 35.4 Å². The van der Waals surface area contributed by atoms with Crippen LogP contribution in [0.2, 0.25) is 0 Å². The summed E-state index contributed by atoms with van der Waals surface area (Å²) >= 11 is 0. The summed E-state index contributed by atoms with van der Waals surface area (Å²) in [5.74, 6) is -0.828. The normalized spacial score (nSPS) is 11.9. The molecule has 1 rings (SSSR count). The second-order valence-corrected chi connectivity index (χ2v) is 2.77. The lowest BCUT2D eigenvalue weighted by molar-refractivity contribution is -0.138. The second-order valence-electron chi connectivity index (χ2n) is 2.77. The molecule has 0 aliphatic rings. The first-order valence-electron chi connectivity index (χ1n) is 3.97. The summed E-state index contributed by atoms with van der Waals surface area (Å²) in [6.45, 7) is 0. The topological polar surface area (TPSA) is 37.3 Å². The number of phenolic OH excluding ortho intramolecular Hbond substituents is 1. The van der Waals surface area contributed by atoms with Crippen LogP contribution in [0, 0.1) is 0 Å². The molecule has 0 aliphatic heterocycles. The van der Waals surface area contributed by atoms with Crippen molar-refractivity contribution >= 4 is 12.4 Å². The SMILES string of the molecule is O=CC=Cc1ccc(O)c(C(F)(F)F)c1. The smallest absolute Gasteiger partial charge is 0.419 e. The third-order valence-corrected chi connectivity index (χ3v) is 1.69. The highest BCUT2D eigenvalue weighted by atomic mass is 19.4. The number of aromatic hydroxyl groups is 1. The maximum Gasteiger partial charge on any atom is 0.419 e. The van der Waals surface area contributed by atoms with Crippen molar-refractivity contribution in [1.29, 1.82) is 0 Å². The zero-order valence-corrected chi connectivity index (χ0v) is 7.45. The van der Waals surface area contributed by atoms with Crippen LogP contribution in [-0.2, 0) is 11.0 Å². The molecule has 1 N–H and O–H groups in total. The zero-order valence-electron chi connectivity index (χ0n) is 7.45. The Balaban J connectivity index is 3.17. The van der Waals surface area contributed by atoms with E-state index in [0.29, 0.717) is 6.29 Å². The highest BCUT2D eigenvalue weighted by Crippen LogP contribution is 2.36. The van der Waals surface area contributed by atoms with Gasteiger partial charge in [0, 0.05) is 0 Å². The lowest BCUT2D eigenvalue weighted by Gasteiger charge is -2.09. The van der Waals surface area contributed by atoms with E-state index >= 15 is 0 Å². The van der Waals surface area contributed by atoms with Crippen LogP contribution in [0.5, 0.6) is 5.75 Å². The molecular formula is C10H7F3O2. The number of hydrogen-bond acceptors (Lipinski definition) is 2. The van der Waals surface area contributed by atoms with E-state index in [1.807, 2.05) is 0 Å². The molecule has 0 amide bonds. The Morgan fingerprint density at radius 1 is 1.27 bits per heavy atom. The average Bonchev–Trinajstić information content (AvgIpc) is 2.15. The molecule has 0 saturated heterocycles. The predicted molar refractivity (Wildman–Crippen MR) is 48.2 cm³/mol. The van der Waals surface area contributed by atoms with E-state index in [-0.39, 0.29) is 5.56 Å². The third-order valence-electron chi connectivity index (χ3n) is 1.69. The molecule has 0 aliphatic carbocycles. The summed E-state index contributed by atoms with van der Waals surface area (Å²) in [5, 5.41) is 8.98. The molecule has 0 atom stereocenters. The Hall–Kier alpha value is -1.78. The fourth-order valence-corrected chi connectivity index (χ4v) is 1.03. The molecule has 1 aromatic carbocycles. The van der Waals surface area contributed by atoms with Gasteiger partial charge in [0.2, 0.25) is 0 Å².